The summed E-state index contributed by atoms with van der Waals surface area (Å²) in [5.41, 5.74) is 26.0. The maximum atomic E-state index is 12.7. The van der Waals surface area contributed by atoms with Gasteiger partial charge in [-0.2, -0.15) is 0 Å². The summed E-state index contributed by atoms with van der Waals surface area (Å²) in [6.45, 7) is 34.7. The number of pyridine rings is 1. The van der Waals surface area contributed by atoms with Crippen LogP contribution in [0.1, 0.15) is 141 Å². The predicted molar refractivity (Wildman–Crippen MR) is 343 cm³/mol. The van der Waals surface area contributed by atoms with E-state index in [4.69, 9.17) is 4.98 Å². The van der Waals surface area contributed by atoms with Crippen LogP contribution in [0.2, 0.25) is 0 Å². The Hall–Kier alpha value is -6.66. The molecule has 0 bridgehead atoms. The van der Waals surface area contributed by atoms with Gasteiger partial charge in [-0.05, 0) is 25.1 Å². The standard InChI is InChI=1S/C61H61BN3Se.C13H11FN.Ir/c1-35(2)42-21-17-22-43(36(3)4)55(42)65-57-44(23-18-24-49(57)63-58(65)37-19-15-14-16-20-37)38-29-51-54-53(30-38)66-52-28-26-40(60(8,9)10)33-47(52)62(54)48-34-41(61(11,12)13)32-46-45-31-39(59(5,6)7)25-27-50(45)64(51)56(46)48;1-9-7-13(15-8-10(9)2)11-3-5-12(14)6-4-11;/h14-19,21-36H,1-13H3;3,5-8H,1-2H3;/q2*-1;. The molecular formula is C74H72BFIrN4Se-2. The first-order valence-electron chi connectivity index (χ1n) is 28.8. The molecule has 82 heavy (non-hydrogen) atoms. The van der Waals surface area contributed by atoms with E-state index in [1.165, 1.54) is 115 Å². The Morgan fingerprint density at radius 2 is 1.26 bits per heavy atom. The number of halogens is 1. The van der Waals surface area contributed by atoms with Crippen molar-refractivity contribution >= 4 is 79.8 Å². The molecule has 0 aliphatic carbocycles. The Kier molecular flexibility index (Phi) is 14.8. The average Bonchev–Trinajstić information content (AvgIpc) is 3.90. The maximum absolute atomic E-state index is 12.7. The summed E-state index contributed by atoms with van der Waals surface area (Å²) in [6.07, 6.45) is 1.82. The third-order valence-electron chi connectivity index (χ3n) is 16.9. The normalized spacial score (nSPS) is 12.9. The number of fused-ring (bicyclic) bond motifs is 8. The van der Waals surface area contributed by atoms with Gasteiger partial charge in [-0.15, -0.1) is 29.8 Å². The Labute approximate surface area is 505 Å². The fourth-order valence-corrected chi connectivity index (χ4v) is 14.7. The molecule has 0 unspecified atom stereocenters. The second-order valence-corrected chi connectivity index (χ2v) is 28.6. The Bertz CT molecular complexity index is 4270. The zero-order valence-electron chi connectivity index (χ0n) is 50.1. The molecule has 0 N–H and O–H groups in total. The molecule has 415 valence electrons. The Morgan fingerprint density at radius 3 is 1.90 bits per heavy atom. The molecule has 1 radical (unpaired) electrons. The number of nitrogens with zero attached hydrogens (tertiary/aromatic N) is 4. The molecule has 0 saturated heterocycles. The van der Waals surface area contributed by atoms with Crippen LogP contribution >= 0.6 is 0 Å². The molecule has 8 aromatic carbocycles. The van der Waals surface area contributed by atoms with Gasteiger partial charge >= 0.3 is 401 Å². The largest absolute Gasteiger partial charge is 0.304 e. The van der Waals surface area contributed by atoms with Crippen LogP contribution in [-0.2, 0) is 36.4 Å². The van der Waals surface area contributed by atoms with Gasteiger partial charge in [-0.3, -0.25) is 4.39 Å². The summed E-state index contributed by atoms with van der Waals surface area (Å²) in [7, 11) is 0. The molecule has 13 rings (SSSR count). The van der Waals surface area contributed by atoms with Gasteiger partial charge in [-0.1, -0.05) is 11.6 Å². The van der Waals surface area contributed by atoms with Crippen molar-refractivity contribution in [3.05, 3.63) is 209 Å². The molecule has 0 atom stereocenters. The SMILES string of the molecule is CC(C)c1cccc(C(C)C)c1-n1c(-c2[c-]cccc2)nc2cccc(-c3cc4c5c(c3)-n3c6ccc(C(C)(C)C)cc6c6cc(C(C)(C)C)cc(c63)B5c3cc(C(C)(C)C)ccc3[Se]4)c21.Cc1cnc(-c2[c-]cc(F)cc2)cc1C.[Ir]. The average molecular weight is 1320 g/mol. The van der Waals surface area contributed by atoms with Crippen molar-refractivity contribution in [2.75, 3.05) is 0 Å². The molecule has 0 fully saturated rings. The molecule has 0 amide bonds. The van der Waals surface area contributed by atoms with E-state index >= 15 is 0 Å². The molecule has 5 heterocycles. The molecule has 3 aromatic heterocycles. The topological polar surface area (TPSA) is 35.6 Å². The van der Waals surface area contributed by atoms with Crippen molar-refractivity contribution in [3.8, 4) is 45.1 Å². The Morgan fingerprint density at radius 1 is 0.585 bits per heavy atom. The molecule has 0 spiro atoms. The first-order valence-corrected chi connectivity index (χ1v) is 30.5. The fourth-order valence-electron chi connectivity index (χ4n) is 12.2. The predicted octanol–water partition coefficient (Wildman–Crippen LogP) is 15.5. The summed E-state index contributed by atoms with van der Waals surface area (Å²) >= 11 is 0.0797. The third-order valence-corrected chi connectivity index (χ3v) is 19.3. The quantitative estimate of drug-likeness (QED) is 0.123. The van der Waals surface area contributed by atoms with Gasteiger partial charge in [0.2, 0.25) is 0 Å². The number of aromatic nitrogens is 4. The first-order chi connectivity index (χ1) is 38.5. The van der Waals surface area contributed by atoms with Crippen LogP contribution < -0.4 is 25.3 Å². The summed E-state index contributed by atoms with van der Waals surface area (Å²) in [6, 6.07) is 59.9. The van der Waals surface area contributed by atoms with Gasteiger partial charge < -0.3 is 4.98 Å². The number of hydrogen-bond donors (Lipinski definition) is 0. The number of hydrogen-bond acceptors (Lipinski definition) is 2. The minimum absolute atomic E-state index is 0. The molecule has 8 heteroatoms. The van der Waals surface area contributed by atoms with Gasteiger partial charge in [-0.25, -0.2) is 0 Å². The van der Waals surface area contributed by atoms with Crippen LogP contribution in [0.5, 0.6) is 0 Å². The van der Waals surface area contributed by atoms with E-state index in [0.717, 1.165) is 39.2 Å². The van der Waals surface area contributed by atoms with Crippen molar-refractivity contribution in [1.82, 2.24) is 19.1 Å². The first kappa shape index (κ1) is 57.2. The number of rotatable bonds is 6. The van der Waals surface area contributed by atoms with E-state index < -0.39 is 0 Å². The van der Waals surface area contributed by atoms with E-state index in [0.29, 0.717) is 11.8 Å². The van der Waals surface area contributed by atoms with E-state index in [1.807, 2.05) is 38.2 Å². The van der Waals surface area contributed by atoms with Crippen molar-refractivity contribution < 1.29 is 24.5 Å². The summed E-state index contributed by atoms with van der Waals surface area (Å²) < 4.78 is 20.8. The number of benzene rings is 8. The van der Waals surface area contributed by atoms with Gasteiger partial charge in [0.25, 0.3) is 0 Å². The smallest absolute Gasteiger partial charge is 0.0379 e. The van der Waals surface area contributed by atoms with Gasteiger partial charge in [0, 0.05) is 32.1 Å². The molecule has 0 saturated carbocycles. The van der Waals surface area contributed by atoms with Crippen molar-refractivity contribution in [2.45, 2.75) is 132 Å². The van der Waals surface area contributed by atoms with Crippen LogP contribution in [0.25, 0.3) is 78.0 Å². The second kappa shape index (κ2) is 21.2. The molecule has 4 nitrogen and oxygen atoms in total. The van der Waals surface area contributed by atoms with Crippen LogP contribution in [0.15, 0.2) is 152 Å². The molecule has 11 aromatic rings. The number of aryl methyl sites for hydroxylation is 2. The molecular weight excluding hydrogens is 1250 g/mol. The third kappa shape index (κ3) is 9.96. The molecule has 2 aliphatic rings. The Balaban J connectivity index is 0.000000382. The van der Waals surface area contributed by atoms with Gasteiger partial charge in [0.1, 0.15) is 0 Å². The minimum atomic E-state index is -0.275. The van der Waals surface area contributed by atoms with Crippen molar-refractivity contribution in [2.24, 2.45) is 0 Å². The monoisotopic (exact) mass is 1320 g/mol. The maximum Gasteiger partial charge on any atom is 0.0379 e. The van der Waals surface area contributed by atoms with E-state index in [2.05, 4.69) is 225 Å². The number of para-hydroxylation sites is 2. The zero-order chi connectivity index (χ0) is 57.2. The summed E-state index contributed by atoms with van der Waals surface area (Å²) in [5, 5.41) is 2.70. The zero-order valence-corrected chi connectivity index (χ0v) is 54.2. The number of imidazole rings is 1. The van der Waals surface area contributed by atoms with Crippen LogP contribution in [-0.4, -0.2) is 40.8 Å². The van der Waals surface area contributed by atoms with Crippen LogP contribution in [0.4, 0.5) is 4.39 Å². The van der Waals surface area contributed by atoms with E-state index in [-0.39, 0.29) is 63.8 Å². The fraction of sp³-hybridized carbons (Fsp3) is 0.270. The summed E-state index contributed by atoms with van der Waals surface area (Å²) in [4.78, 5) is 9.82. The van der Waals surface area contributed by atoms with Gasteiger partial charge in [0.05, 0.1) is 0 Å². The van der Waals surface area contributed by atoms with Crippen molar-refractivity contribution in [1.29, 1.82) is 0 Å². The van der Waals surface area contributed by atoms with Gasteiger partial charge in [0.15, 0.2) is 0 Å². The van der Waals surface area contributed by atoms with E-state index in [1.54, 1.807) is 6.07 Å². The van der Waals surface area contributed by atoms with Crippen LogP contribution in [0, 0.1) is 31.8 Å². The van der Waals surface area contributed by atoms with E-state index in [9.17, 15) is 4.39 Å². The van der Waals surface area contributed by atoms with Crippen LogP contribution in [0.3, 0.4) is 0 Å². The van der Waals surface area contributed by atoms with Crippen molar-refractivity contribution in [3.63, 3.8) is 0 Å². The molecule has 2 aliphatic heterocycles. The second-order valence-electron chi connectivity index (χ2n) is 26.4. The summed E-state index contributed by atoms with van der Waals surface area (Å²) in [5.74, 6) is 1.27. The minimum Gasteiger partial charge on any atom is -0.304 e.